The van der Waals surface area contributed by atoms with Gasteiger partial charge in [0.1, 0.15) is 16.3 Å². The molecule has 5 rings (SSSR count). The summed E-state index contributed by atoms with van der Waals surface area (Å²) >= 11 is 1.34. The lowest BCUT2D eigenvalue weighted by Gasteiger charge is -2.39. The van der Waals surface area contributed by atoms with E-state index in [-0.39, 0.29) is 11.4 Å². The summed E-state index contributed by atoms with van der Waals surface area (Å²) in [4.78, 5) is 24.4. The lowest BCUT2D eigenvalue weighted by atomic mass is 9.69. The molecule has 0 aliphatic heterocycles. The zero-order valence-electron chi connectivity index (χ0n) is 18.8. The Labute approximate surface area is 203 Å². The van der Waals surface area contributed by atoms with Gasteiger partial charge in [0.05, 0.1) is 10.8 Å². The molecule has 3 N–H and O–H groups in total. The number of carboxylic acid groups (broad SMARTS) is 1. The van der Waals surface area contributed by atoms with E-state index in [1.54, 1.807) is 18.3 Å². The standard InChI is InChI=1S/C24H23F3N4O3S/c1-13-8-14(10-15(9-13)30-21-28-7-3-18(31-21)24(25,26)27)17-11-29-20(35-17)23(34)4-2-16(19(32)33)22(12-23)5-6-22/h3,7-11,16,34H,2,4-6,12H2,1H3,(H,32,33)(H,28,30,31). The predicted octanol–water partition coefficient (Wildman–Crippen LogP) is 5.52. The highest BCUT2D eigenvalue weighted by Crippen LogP contribution is 2.64. The Hall–Kier alpha value is -3.05. The van der Waals surface area contributed by atoms with Crippen LogP contribution in [0.4, 0.5) is 24.8 Å². The summed E-state index contributed by atoms with van der Waals surface area (Å²) in [6.07, 6.45) is 0.889. The molecule has 35 heavy (non-hydrogen) atoms. The van der Waals surface area contributed by atoms with E-state index in [1.165, 1.54) is 11.3 Å². The van der Waals surface area contributed by atoms with Gasteiger partial charge in [-0.2, -0.15) is 13.2 Å². The molecule has 2 aliphatic rings. The van der Waals surface area contributed by atoms with Crippen molar-refractivity contribution in [2.24, 2.45) is 11.3 Å². The first-order chi connectivity index (χ1) is 16.5. The van der Waals surface area contributed by atoms with Crippen LogP contribution in [0.1, 0.15) is 48.4 Å². The Bertz CT molecular complexity index is 1290. The van der Waals surface area contributed by atoms with Crippen LogP contribution in [0.15, 0.2) is 36.7 Å². The molecule has 2 heterocycles. The third kappa shape index (κ3) is 4.62. The number of benzene rings is 1. The lowest BCUT2D eigenvalue weighted by molar-refractivity contribution is -0.150. The first-order valence-corrected chi connectivity index (χ1v) is 12.0. The molecule has 11 heteroatoms. The zero-order chi connectivity index (χ0) is 25.0. The molecule has 0 amide bonds. The summed E-state index contributed by atoms with van der Waals surface area (Å²) in [5.74, 6) is -1.39. The van der Waals surface area contributed by atoms with Gasteiger partial charge < -0.3 is 15.5 Å². The van der Waals surface area contributed by atoms with E-state index in [9.17, 15) is 28.2 Å². The minimum absolute atomic E-state index is 0.166. The van der Waals surface area contributed by atoms with Crippen molar-refractivity contribution in [3.05, 3.63) is 52.9 Å². The van der Waals surface area contributed by atoms with E-state index in [4.69, 9.17) is 0 Å². The molecular formula is C24H23F3N4O3S. The number of thiazole rings is 1. The second kappa shape index (κ2) is 8.27. The average Bonchev–Trinajstić information content (AvgIpc) is 3.32. The summed E-state index contributed by atoms with van der Waals surface area (Å²) in [6, 6.07) is 6.27. The summed E-state index contributed by atoms with van der Waals surface area (Å²) in [7, 11) is 0. The summed E-state index contributed by atoms with van der Waals surface area (Å²) in [6.45, 7) is 1.86. The molecular weight excluding hydrogens is 481 g/mol. The molecule has 3 aromatic rings. The van der Waals surface area contributed by atoms with Gasteiger partial charge in [0.2, 0.25) is 5.95 Å². The number of alkyl halides is 3. The van der Waals surface area contributed by atoms with E-state index in [0.29, 0.717) is 30.0 Å². The molecule has 2 aromatic heterocycles. The number of aromatic nitrogens is 3. The third-order valence-corrected chi connectivity index (χ3v) is 8.13. The fourth-order valence-corrected chi connectivity index (χ4v) is 6.08. The van der Waals surface area contributed by atoms with Crippen LogP contribution in [0.2, 0.25) is 0 Å². The Morgan fingerprint density at radius 2 is 1.97 bits per heavy atom. The van der Waals surface area contributed by atoms with Crippen LogP contribution in [-0.4, -0.2) is 31.1 Å². The Kier molecular flexibility index (Phi) is 5.59. The summed E-state index contributed by atoms with van der Waals surface area (Å²) < 4.78 is 38.9. The molecule has 2 atom stereocenters. The number of aliphatic carboxylic acids is 1. The highest BCUT2D eigenvalue weighted by Gasteiger charge is 2.60. The fraction of sp³-hybridized carbons (Fsp3) is 0.417. The van der Waals surface area contributed by atoms with Gasteiger partial charge >= 0.3 is 12.1 Å². The van der Waals surface area contributed by atoms with Crippen molar-refractivity contribution in [2.45, 2.75) is 50.8 Å². The first-order valence-electron chi connectivity index (χ1n) is 11.2. The van der Waals surface area contributed by atoms with Gasteiger partial charge in [-0.1, -0.05) is 6.07 Å². The van der Waals surface area contributed by atoms with Crippen LogP contribution >= 0.6 is 11.3 Å². The van der Waals surface area contributed by atoms with E-state index in [0.717, 1.165) is 41.1 Å². The molecule has 1 spiro atoms. The van der Waals surface area contributed by atoms with Gasteiger partial charge in [-0.25, -0.2) is 15.0 Å². The van der Waals surface area contributed by atoms with Gasteiger partial charge in [0.15, 0.2) is 0 Å². The topological polar surface area (TPSA) is 108 Å². The molecule has 2 fully saturated rings. The normalized spacial score (nSPS) is 23.3. The number of halogens is 3. The molecule has 1 aromatic carbocycles. The monoisotopic (exact) mass is 504 g/mol. The van der Waals surface area contributed by atoms with Crippen molar-refractivity contribution in [3.8, 4) is 10.4 Å². The van der Waals surface area contributed by atoms with Crippen molar-refractivity contribution in [1.29, 1.82) is 0 Å². The molecule has 0 saturated heterocycles. The van der Waals surface area contributed by atoms with Crippen molar-refractivity contribution < 1.29 is 28.2 Å². The second-order valence-corrected chi connectivity index (χ2v) is 10.5. The number of aryl methyl sites for hydroxylation is 1. The van der Waals surface area contributed by atoms with Gasteiger partial charge in [-0.15, -0.1) is 11.3 Å². The van der Waals surface area contributed by atoms with Gasteiger partial charge in [-0.3, -0.25) is 4.79 Å². The van der Waals surface area contributed by atoms with Crippen LogP contribution in [0.5, 0.6) is 0 Å². The predicted molar refractivity (Wildman–Crippen MR) is 123 cm³/mol. The van der Waals surface area contributed by atoms with Gasteiger partial charge in [0, 0.05) is 18.1 Å². The highest BCUT2D eigenvalue weighted by atomic mass is 32.1. The number of hydrogen-bond acceptors (Lipinski definition) is 7. The number of nitrogens with zero attached hydrogens (tertiary/aromatic N) is 3. The van der Waals surface area contributed by atoms with Crippen LogP contribution in [0.25, 0.3) is 10.4 Å². The van der Waals surface area contributed by atoms with E-state index >= 15 is 0 Å². The minimum atomic E-state index is -4.57. The van der Waals surface area contributed by atoms with E-state index in [1.807, 2.05) is 13.0 Å². The smallest absolute Gasteiger partial charge is 0.433 e. The molecule has 2 saturated carbocycles. The second-order valence-electron chi connectivity index (χ2n) is 9.51. The van der Waals surface area contributed by atoms with Crippen LogP contribution in [0.3, 0.4) is 0 Å². The molecule has 2 unspecified atom stereocenters. The number of hydrogen-bond donors (Lipinski definition) is 3. The largest absolute Gasteiger partial charge is 0.481 e. The third-order valence-electron chi connectivity index (χ3n) is 6.89. The molecule has 184 valence electrons. The maximum Gasteiger partial charge on any atom is 0.433 e. The molecule has 0 bridgehead atoms. The van der Waals surface area contributed by atoms with Gasteiger partial charge in [0.25, 0.3) is 0 Å². The van der Waals surface area contributed by atoms with E-state index in [2.05, 4.69) is 20.3 Å². The van der Waals surface area contributed by atoms with Crippen molar-refractivity contribution in [1.82, 2.24) is 15.0 Å². The number of aliphatic hydroxyl groups is 1. The number of nitrogens with one attached hydrogen (secondary N) is 1. The maximum atomic E-state index is 13.0. The molecule has 2 aliphatic carbocycles. The molecule has 0 radical (unpaired) electrons. The minimum Gasteiger partial charge on any atom is -0.481 e. The fourth-order valence-electron chi connectivity index (χ4n) is 5.06. The Balaban J connectivity index is 1.39. The van der Waals surface area contributed by atoms with E-state index < -0.39 is 29.4 Å². The average molecular weight is 505 g/mol. The summed E-state index contributed by atoms with van der Waals surface area (Å²) in [5.41, 5.74) is -0.379. The quantitative estimate of drug-likeness (QED) is 0.420. The van der Waals surface area contributed by atoms with Crippen molar-refractivity contribution in [3.63, 3.8) is 0 Å². The number of rotatable bonds is 5. The van der Waals surface area contributed by atoms with Crippen LogP contribution in [-0.2, 0) is 16.6 Å². The summed E-state index contributed by atoms with van der Waals surface area (Å²) in [5, 5.41) is 24.4. The lowest BCUT2D eigenvalue weighted by Crippen LogP contribution is -2.41. The van der Waals surface area contributed by atoms with Crippen molar-refractivity contribution >= 4 is 28.9 Å². The first kappa shape index (κ1) is 23.7. The SMILES string of the molecule is Cc1cc(Nc2nccc(C(F)(F)F)n2)cc(-c2cnc(C3(O)CCC(C(=O)O)C4(CC4)C3)s2)c1. The number of carboxylic acids is 1. The highest BCUT2D eigenvalue weighted by molar-refractivity contribution is 7.15. The Morgan fingerprint density at radius 1 is 1.20 bits per heavy atom. The Morgan fingerprint density at radius 3 is 2.66 bits per heavy atom. The van der Waals surface area contributed by atoms with Gasteiger partial charge in [-0.05, 0) is 73.8 Å². The van der Waals surface area contributed by atoms with Crippen LogP contribution in [0, 0.1) is 18.3 Å². The van der Waals surface area contributed by atoms with Crippen LogP contribution < -0.4 is 5.32 Å². The number of anilines is 2. The molecule has 7 nitrogen and oxygen atoms in total. The number of carbonyl (C=O) groups is 1. The van der Waals surface area contributed by atoms with Crippen molar-refractivity contribution in [2.75, 3.05) is 5.32 Å². The zero-order valence-corrected chi connectivity index (χ0v) is 19.6. The maximum absolute atomic E-state index is 13.0.